The molecule has 2 heteroatoms. The number of rotatable bonds is 2. The Balaban J connectivity index is 2.21. The molecule has 0 saturated carbocycles. The van der Waals surface area contributed by atoms with Crippen LogP contribution in [0.2, 0.25) is 0 Å². The monoisotopic (exact) mass is 218 g/mol. The van der Waals surface area contributed by atoms with Gasteiger partial charge in [0, 0.05) is 12.6 Å². The molecule has 16 heavy (non-hydrogen) atoms. The zero-order valence-electron chi connectivity index (χ0n) is 10.4. The van der Waals surface area contributed by atoms with Gasteiger partial charge in [0.1, 0.15) is 0 Å². The molecule has 0 bridgehead atoms. The fourth-order valence-corrected chi connectivity index (χ4v) is 2.52. The largest absolute Gasteiger partial charge is 0.315 e. The van der Waals surface area contributed by atoms with Crippen LogP contribution in [0.15, 0.2) is 24.3 Å². The molecule has 0 aliphatic carbocycles. The van der Waals surface area contributed by atoms with Crippen molar-refractivity contribution in [3.8, 4) is 0 Å². The summed E-state index contributed by atoms with van der Waals surface area (Å²) in [5, 5.41) is 3.54. The molecule has 2 nitrogen and oxygen atoms in total. The van der Waals surface area contributed by atoms with Crippen LogP contribution in [0.4, 0.5) is 0 Å². The highest BCUT2D eigenvalue weighted by atomic mass is 15.2. The Bertz CT molecular complexity index is 335. The first-order valence-electron chi connectivity index (χ1n) is 6.32. The number of benzene rings is 1. The van der Waals surface area contributed by atoms with Crippen molar-refractivity contribution < 1.29 is 0 Å². The minimum Gasteiger partial charge on any atom is -0.315 e. The van der Waals surface area contributed by atoms with E-state index in [0.717, 1.165) is 19.6 Å². The Morgan fingerprint density at radius 1 is 1.44 bits per heavy atom. The predicted molar refractivity (Wildman–Crippen MR) is 68.7 cm³/mol. The van der Waals surface area contributed by atoms with Gasteiger partial charge in [-0.1, -0.05) is 36.8 Å². The maximum Gasteiger partial charge on any atom is 0.0472 e. The maximum absolute atomic E-state index is 3.54. The third kappa shape index (κ3) is 2.63. The minimum atomic E-state index is 0.549. The lowest BCUT2D eigenvalue weighted by atomic mass is 10.0. The minimum absolute atomic E-state index is 0.549. The SMILES string of the molecule is CCN1CCCNCC1c1cccc(C)c1. The predicted octanol–water partition coefficient (Wildman–Crippen LogP) is 2.35. The Labute approximate surface area is 98.7 Å². The van der Waals surface area contributed by atoms with Gasteiger partial charge in [0.05, 0.1) is 0 Å². The number of aryl methyl sites for hydroxylation is 1. The van der Waals surface area contributed by atoms with Crippen LogP contribution in [-0.4, -0.2) is 31.1 Å². The summed E-state index contributed by atoms with van der Waals surface area (Å²) < 4.78 is 0. The summed E-state index contributed by atoms with van der Waals surface area (Å²) in [5.41, 5.74) is 2.81. The van der Waals surface area contributed by atoms with E-state index in [1.165, 1.54) is 24.1 Å². The van der Waals surface area contributed by atoms with Crippen molar-refractivity contribution in [2.75, 3.05) is 26.2 Å². The quantitative estimate of drug-likeness (QED) is 0.819. The van der Waals surface area contributed by atoms with Crippen LogP contribution in [0, 0.1) is 6.92 Å². The van der Waals surface area contributed by atoms with Crippen LogP contribution in [0.25, 0.3) is 0 Å². The van der Waals surface area contributed by atoms with E-state index in [2.05, 4.69) is 48.3 Å². The van der Waals surface area contributed by atoms with Gasteiger partial charge in [0.15, 0.2) is 0 Å². The molecule has 1 aliphatic rings. The van der Waals surface area contributed by atoms with Crippen molar-refractivity contribution in [3.05, 3.63) is 35.4 Å². The van der Waals surface area contributed by atoms with Crippen molar-refractivity contribution in [2.45, 2.75) is 26.3 Å². The summed E-state index contributed by atoms with van der Waals surface area (Å²) >= 11 is 0. The average Bonchev–Trinajstić information content (AvgIpc) is 2.53. The van der Waals surface area contributed by atoms with E-state index in [-0.39, 0.29) is 0 Å². The molecule has 1 heterocycles. The second-order valence-electron chi connectivity index (χ2n) is 4.62. The second-order valence-corrected chi connectivity index (χ2v) is 4.62. The molecule has 0 amide bonds. The lowest BCUT2D eigenvalue weighted by Crippen LogP contribution is -2.32. The van der Waals surface area contributed by atoms with Crippen LogP contribution in [0.3, 0.4) is 0 Å². The molecule has 1 N–H and O–H groups in total. The van der Waals surface area contributed by atoms with Crippen molar-refractivity contribution in [2.24, 2.45) is 0 Å². The summed E-state index contributed by atoms with van der Waals surface area (Å²) in [7, 11) is 0. The van der Waals surface area contributed by atoms with Gasteiger partial charge in [0.2, 0.25) is 0 Å². The fourth-order valence-electron chi connectivity index (χ4n) is 2.52. The Morgan fingerprint density at radius 3 is 3.06 bits per heavy atom. The van der Waals surface area contributed by atoms with Crippen LogP contribution in [0.5, 0.6) is 0 Å². The summed E-state index contributed by atoms with van der Waals surface area (Å²) in [6.07, 6.45) is 1.26. The van der Waals surface area contributed by atoms with Gasteiger partial charge in [0.25, 0.3) is 0 Å². The van der Waals surface area contributed by atoms with E-state index in [1.54, 1.807) is 0 Å². The van der Waals surface area contributed by atoms with Gasteiger partial charge in [-0.15, -0.1) is 0 Å². The molecule has 88 valence electrons. The first-order valence-corrected chi connectivity index (χ1v) is 6.32. The molecule has 1 fully saturated rings. The Kier molecular flexibility index (Phi) is 3.97. The van der Waals surface area contributed by atoms with Crippen molar-refractivity contribution >= 4 is 0 Å². The van der Waals surface area contributed by atoms with Gasteiger partial charge in [-0.3, -0.25) is 4.90 Å². The van der Waals surface area contributed by atoms with E-state index >= 15 is 0 Å². The normalized spacial score (nSPS) is 23.0. The topological polar surface area (TPSA) is 15.3 Å². The third-order valence-corrected chi connectivity index (χ3v) is 3.41. The van der Waals surface area contributed by atoms with Crippen molar-refractivity contribution in [3.63, 3.8) is 0 Å². The van der Waals surface area contributed by atoms with Crippen LogP contribution in [0.1, 0.15) is 30.5 Å². The van der Waals surface area contributed by atoms with Crippen molar-refractivity contribution in [1.29, 1.82) is 0 Å². The zero-order chi connectivity index (χ0) is 11.4. The molecule has 0 aromatic heterocycles. The highest BCUT2D eigenvalue weighted by Crippen LogP contribution is 2.22. The lowest BCUT2D eigenvalue weighted by molar-refractivity contribution is 0.222. The lowest BCUT2D eigenvalue weighted by Gasteiger charge is -2.29. The highest BCUT2D eigenvalue weighted by molar-refractivity contribution is 5.25. The van der Waals surface area contributed by atoms with Crippen LogP contribution < -0.4 is 5.32 Å². The van der Waals surface area contributed by atoms with Gasteiger partial charge >= 0.3 is 0 Å². The van der Waals surface area contributed by atoms with E-state index < -0.39 is 0 Å². The molecule has 1 aromatic rings. The molecule has 1 saturated heterocycles. The Hall–Kier alpha value is -0.860. The fraction of sp³-hybridized carbons (Fsp3) is 0.571. The molecule has 1 unspecified atom stereocenters. The van der Waals surface area contributed by atoms with Gasteiger partial charge < -0.3 is 5.32 Å². The first kappa shape index (κ1) is 11.6. The van der Waals surface area contributed by atoms with Crippen LogP contribution in [-0.2, 0) is 0 Å². The summed E-state index contributed by atoms with van der Waals surface area (Å²) in [4.78, 5) is 2.58. The summed E-state index contributed by atoms with van der Waals surface area (Å²) in [5.74, 6) is 0. The Morgan fingerprint density at radius 2 is 2.31 bits per heavy atom. The third-order valence-electron chi connectivity index (χ3n) is 3.41. The first-order chi connectivity index (χ1) is 7.81. The molecule has 1 aromatic carbocycles. The number of nitrogens with one attached hydrogen (secondary N) is 1. The van der Waals surface area contributed by atoms with Crippen LogP contribution >= 0.6 is 0 Å². The van der Waals surface area contributed by atoms with E-state index in [9.17, 15) is 0 Å². The molecule has 0 spiro atoms. The average molecular weight is 218 g/mol. The van der Waals surface area contributed by atoms with Gasteiger partial charge in [-0.25, -0.2) is 0 Å². The highest BCUT2D eigenvalue weighted by Gasteiger charge is 2.20. The number of nitrogens with zero attached hydrogens (tertiary/aromatic N) is 1. The second kappa shape index (κ2) is 5.46. The molecule has 1 atom stereocenters. The summed E-state index contributed by atoms with van der Waals surface area (Å²) in [6, 6.07) is 9.47. The molecule has 0 radical (unpaired) electrons. The number of likely N-dealkylation sites (N-methyl/N-ethyl adjacent to an activating group) is 1. The molecular weight excluding hydrogens is 196 g/mol. The van der Waals surface area contributed by atoms with E-state index in [4.69, 9.17) is 0 Å². The summed E-state index contributed by atoms with van der Waals surface area (Å²) in [6.45, 7) is 9.01. The van der Waals surface area contributed by atoms with Crippen molar-refractivity contribution in [1.82, 2.24) is 10.2 Å². The maximum atomic E-state index is 3.54. The zero-order valence-corrected chi connectivity index (χ0v) is 10.4. The molecule has 1 aliphatic heterocycles. The number of hydrogen-bond acceptors (Lipinski definition) is 2. The molecule has 2 rings (SSSR count). The van der Waals surface area contributed by atoms with E-state index in [0.29, 0.717) is 6.04 Å². The molecular formula is C14H22N2. The van der Waals surface area contributed by atoms with Gasteiger partial charge in [-0.05, 0) is 38.5 Å². The van der Waals surface area contributed by atoms with Gasteiger partial charge in [-0.2, -0.15) is 0 Å². The number of hydrogen-bond donors (Lipinski definition) is 1. The van der Waals surface area contributed by atoms with E-state index in [1.807, 2.05) is 0 Å². The standard InChI is InChI=1S/C14H22N2/c1-3-16-9-5-8-15-11-14(16)13-7-4-6-12(2)10-13/h4,6-7,10,14-15H,3,5,8-9,11H2,1-2H3. The smallest absolute Gasteiger partial charge is 0.0472 e.